The summed E-state index contributed by atoms with van der Waals surface area (Å²) in [6.07, 6.45) is -4.53. The van der Waals surface area contributed by atoms with Crippen molar-refractivity contribution in [1.82, 2.24) is 4.98 Å². The number of aromatic nitrogens is 1. The summed E-state index contributed by atoms with van der Waals surface area (Å²) in [6, 6.07) is 8.48. The molecule has 4 nitrogen and oxygen atoms in total. The van der Waals surface area contributed by atoms with Gasteiger partial charge in [-0.15, -0.1) is 0 Å². The van der Waals surface area contributed by atoms with E-state index in [9.17, 15) is 21.6 Å². The van der Waals surface area contributed by atoms with Gasteiger partial charge in [0.05, 0.1) is 11.3 Å². The lowest BCUT2D eigenvalue weighted by atomic mass is 10.1. The zero-order valence-electron chi connectivity index (χ0n) is 10.9. The van der Waals surface area contributed by atoms with Gasteiger partial charge in [0.1, 0.15) is 11.0 Å². The number of sulfonamides is 1. The molecule has 118 valence electrons. The molecular weight excluding hydrogens is 341 g/mol. The smallest absolute Gasteiger partial charge is 0.267 e. The second-order valence-electron chi connectivity index (χ2n) is 4.40. The molecule has 0 spiro atoms. The molecule has 9 heteroatoms. The Labute approximate surface area is 130 Å². The number of anilines is 1. The van der Waals surface area contributed by atoms with Gasteiger partial charge in [-0.2, -0.15) is 13.2 Å². The molecule has 0 aliphatic heterocycles. The maximum atomic E-state index is 12.6. The van der Waals surface area contributed by atoms with Crippen LogP contribution in [0.2, 0.25) is 5.15 Å². The Balaban J connectivity index is 2.19. The van der Waals surface area contributed by atoms with Gasteiger partial charge in [-0.05, 0) is 23.8 Å². The lowest BCUT2D eigenvalue weighted by molar-refractivity contribution is -0.137. The molecule has 0 bridgehead atoms. The molecule has 0 unspecified atom stereocenters. The number of rotatable bonds is 4. The van der Waals surface area contributed by atoms with Crippen molar-refractivity contribution in [3.05, 3.63) is 58.7 Å². The van der Waals surface area contributed by atoms with Crippen LogP contribution in [-0.2, 0) is 22.0 Å². The van der Waals surface area contributed by atoms with Crippen molar-refractivity contribution in [1.29, 1.82) is 0 Å². The van der Waals surface area contributed by atoms with E-state index in [0.717, 1.165) is 18.2 Å². The van der Waals surface area contributed by atoms with Crippen molar-refractivity contribution >= 4 is 27.4 Å². The van der Waals surface area contributed by atoms with Crippen molar-refractivity contribution in [2.45, 2.75) is 11.9 Å². The van der Waals surface area contributed by atoms with Gasteiger partial charge in [0, 0.05) is 0 Å². The summed E-state index contributed by atoms with van der Waals surface area (Å²) in [7, 11) is -3.91. The van der Waals surface area contributed by atoms with E-state index < -0.39 is 27.5 Å². The van der Waals surface area contributed by atoms with Crippen LogP contribution in [0.5, 0.6) is 0 Å². The molecular formula is C13H10ClF3N2O2S. The lowest BCUT2D eigenvalue weighted by Crippen LogP contribution is -2.16. The first-order valence-corrected chi connectivity index (χ1v) is 7.98. The molecule has 0 saturated carbocycles. The van der Waals surface area contributed by atoms with Gasteiger partial charge in [-0.1, -0.05) is 35.9 Å². The Morgan fingerprint density at radius 3 is 2.45 bits per heavy atom. The topological polar surface area (TPSA) is 59.1 Å². The van der Waals surface area contributed by atoms with Gasteiger partial charge in [0.2, 0.25) is 10.0 Å². The highest BCUT2D eigenvalue weighted by Crippen LogP contribution is 2.29. The number of benzene rings is 1. The summed E-state index contributed by atoms with van der Waals surface area (Å²) in [5.41, 5.74) is -0.884. The monoisotopic (exact) mass is 350 g/mol. The highest BCUT2D eigenvalue weighted by Gasteiger charge is 2.30. The van der Waals surface area contributed by atoms with E-state index in [-0.39, 0.29) is 16.5 Å². The van der Waals surface area contributed by atoms with Crippen molar-refractivity contribution in [3.63, 3.8) is 0 Å². The van der Waals surface area contributed by atoms with Gasteiger partial charge < -0.3 is 0 Å². The molecule has 0 aliphatic rings. The normalized spacial score (nSPS) is 12.2. The third-order valence-electron chi connectivity index (χ3n) is 2.59. The van der Waals surface area contributed by atoms with E-state index in [2.05, 4.69) is 9.71 Å². The van der Waals surface area contributed by atoms with E-state index in [0.29, 0.717) is 0 Å². The van der Waals surface area contributed by atoms with E-state index in [1.165, 1.54) is 24.3 Å². The van der Waals surface area contributed by atoms with Crippen LogP contribution in [0, 0.1) is 0 Å². The molecule has 22 heavy (non-hydrogen) atoms. The number of pyridine rings is 1. The van der Waals surface area contributed by atoms with Crippen LogP contribution in [0.1, 0.15) is 11.1 Å². The number of hydrogen-bond acceptors (Lipinski definition) is 3. The van der Waals surface area contributed by atoms with Crippen molar-refractivity contribution in [2.24, 2.45) is 0 Å². The molecule has 0 aliphatic carbocycles. The predicted octanol–water partition coefficient (Wildman–Crippen LogP) is 3.70. The first kappa shape index (κ1) is 16.6. The minimum Gasteiger partial charge on any atom is -0.267 e. The molecule has 0 fully saturated rings. The van der Waals surface area contributed by atoms with Crippen molar-refractivity contribution < 1.29 is 21.6 Å². The summed E-state index contributed by atoms with van der Waals surface area (Å²) >= 11 is 5.63. The van der Waals surface area contributed by atoms with Crippen molar-refractivity contribution in [3.8, 4) is 0 Å². The molecule has 0 atom stereocenters. The lowest BCUT2D eigenvalue weighted by Gasteiger charge is -2.10. The fraction of sp³-hybridized carbons (Fsp3) is 0.154. The molecule has 1 heterocycles. The molecule has 0 radical (unpaired) electrons. The number of hydrogen-bond donors (Lipinski definition) is 1. The third kappa shape index (κ3) is 4.60. The Morgan fingerprint density at radius 1 is 1.14 bits per heavy atom. The summed E-state index contributed by atoms with van der Waals surface area (Å²) < 4.78 is 63.9. The number of halogens is 4. The quantitative estimate of drug-likeness (QED) is 0.855. The number of nitrogens with one attached hydrogen (secondary N) is 1. The summed E-state index contributed by atoms with van der Waals surface area (Å²) in [6.45, 7) is 0. The van der Waals surface area contributed by atoms with Gasteiger partial charge in [0.25, 0.3) is 0 Å². The molecule has 1 N–H and O–H groups in total. The highest BCUT2D eigenvalue weighted by molar-refractivity contribution is 7.91. The van der Waals surface area contributed by atoms with Crippen molar-refractivity contribution in [2.75, 3.05) is 4.72 Å². The Bertz CT molecular complexity index is 779. The van der Waals surface area contributed by atoms with E-state index >= 15 is 0 Å². The Morgan fingerprint density at radius 2 is 1.82 bits per heavy atom. The van der Waals surface area contributed by atoms with Crippen LogP contribution in [0.3, 0.4) is 0 Å². The van der Waals surface area contributed by atoms with E-state index in [1.54, 1.807) is 0 Å². The molecule has 2 aromatic rings. The van der Waals surface area contributed by atoms with Crippen LogP contribution in [0.25, 0.3) is 0 Å². The second-order valence-corrected chi connectivity index (χ2v) is 6.51. The molecule has 0 saturated heterocycles. The molecule has 0 amide bonds. The maximum absolute atomic E-state index is 12.6. The largest absolute Gasteiger partial charge is 0.416 e. The fourth-order valence-corrected chi connectivity index (χ4v) is 3.00. The highest BCUT2D eigenvalue weighted by atomic mass is 35.5. The van der Waals surface area contributed by atoms with Gasteiger partial charge in [0.15, 0.2) is 0 Å². The van der Waals surface area contributed by atoms with E-state index in [4.69, 9.17) is 11.6 Å². The van der Waals surface area contributed by atoms with Crippen LogP contribution in [0.4, 0.5) is 19.0 Å². The first-order valence-electron chi connectivity index (χ1n) is 5.95. The average molecular weight is 351 g/mol. The SMILES string of the molecule is O=S(=O)(Cc1cccc(C(F)(F)F)c1)Nc1cccc(Cl)n1. The summed E-state index contributed by atoms with van der Waals surface area (Å²) in [5, 5.41) is 0.0965. The minimum atomic E-state index is -4.53. The zero-order valence-corrected chi connectivity index (χ0v) is 12.5. The molecule has 1 aromatic heterocycles. The van der Waals surface area contributed by atoms with Gasteiger partial charge in [-0.25, -0.2) is 13.4 Å². The maximum Gasteiger partial charge on any atom is 0.416 e. The van der Waals surface area contributed by atoms with Gasteiger partial charge in [-0.3, -0.25) is 4.72 Å². The first-order chi connectivity index (χ1) is 10.2. The van der Waals surface area contributed by atoms with Crippen LogP contribution in [0.15, 0.2) is 42.5 Å². The predicted molar refractivity (Wildman–Crippen MR) is 76.9 cm³/mol. The average Bonchev–Trinajstić information content (AvgIpc) is 2.36. The van der Waals surface area contributed by atoms with Crippen LogP contribution < -0.4 is 4.72 Å². The fourth-order valence-electron chi connectivity index (χ4n) is 1.72. The Hall–Kier alpha value is -1.80. The molecule has 2 rings (SSSR count). The van der Waals surface area contributed by atoms with Crippen LogP contribution in [-0.4, -0.2) is 13.4 Å². The second kappa shape index (κ2) is 6.13. The zero-order chi connectivity index (χ0) is 16.4. The summed E-state index contributed by atoms with van der Waals surface area (Å²) in [4.78, 5) is 3.75. The summed E-state index contributed by atoms with van der Waals surface area (Å²) in [5.74, 6) is -0.607. The minimum absolute atomic E-state index is 0.000485. The third-order valence-corrected chi connectivity index (χ3v) is 4.03. The number of nitrogens with zero attached hydrogens (tertiary/aromatic N) is 1. The standard InChI is InChI=1S/C13H10ClF3N2O2S/c14-11-5-2-6-12(18-11)19-22(20,21)8-9-3-1-4-10(7-9)13(15,16)17/h1-7H,8H2,(H,18,19). The Kier molecular flexibility index (Phi) is 4.62. The number of alkyl halides is 3. The van der Waals surface area contributed by atoms with Crippen LogP contribution >= 0.6 is 11.6 Å². The van der Waals surface area contributed by atoms with E-state index in [1.807, 2.05) is 0 Å². The molecule has 1 aromatic carbocycles. The van der Waals surface area contributed by atoms with Gasteiger partial charge >= 0.3 is 6.18 Å².